The highest BCUT2D eigenvalue weighted by Gasteiger charge is 2.13. The fraction of sp³-hybridized carbons (Fsp3) is 0.474. The normalized spacial score (nSPS) is 15.5. The summed E-state index contributed by atoms with van der Waals surface area (Å²) in [6.45, 7) is 5.44. The summed E-state index contributed by atoms with van der Waals surface area (Å²) in [5, 5.41) is 7.06. The van der Waals surface area contributed by atoms with Crippen LogP contribution >= 0.6 is 0 Å². The number of amides is 1. The van der Waals surface area contributed by atoms with Crippen LogP contribution in [0.3, 0.4) is 0 Å². The van der Waals surface area contributed by atoms with Crippen molar-refractivity contribution in [2.24, 2.45) is 7.05 Å². The SMILES string of the molecule is CC(=O)Nc1ccc(OCCN2CCCCOC2)c(-c2ccnn2C)c1. The van der Waals surface area contributed by atoms with Gasteiger partial charge in [-0.1, -0.05) is 0 Å². The van der Waals surface area contributed by atoms with Crippen LogP contribution in [0.4, 0.5) is 5.69 Å². The second-order valence-corrected chi connectivity index (χ2v) is 6.44. The lowest BCUT2D eigenvalue weighted by atomic mass is 10.1. The van der Waals surface area contributed by atoms with E-state index in [9.17, 15) is 4.79 Å². The number of rotatable bonds is 6. The van der Waals surface area contributed by atoms with Crippen LogP contribution in [-0.2, 0) is 16.6 Å². The zero-order valence-corrected chi connectivity index (χ0v) is 15.4. The summed E-state index contributed by atoms with van der Waals surface area (Å²) in [4.78, 5) is 13.6. The fourth-order valence-electron chi connectivity index (χ4n) is 3.03. The second kappa shape index (κ2) is 8.82. The smallest absolute Gasteiger partial charge is 0.221 e. The minimum Gasteiger partial charge on any atom is -0.492 e. The first kappa shape index (κ1) is 18.4. The summed E-state index contributed by atoms with van der Waals surface area (Å²) in [5.41, 5.74) is 2.58. The molecule has 1 amide bonds. The molecule has 1 aliphatic heterocycles. The number of carbonyl (C=O) groups excluding carboxylic acids is 1. The topological polar surface area (TPSA) is 68.6 Å². The van der Waals surface area contributed by atoms with Gasteiger partial charge in [0.1, 0.15) is 12.4 Å². The summed E-state index contributed by atoms with van der Waals surface area (Å²) in [6, 6.07) is 7.60. The van der Waals surface area contributed by atoms with Crippen molar-refractivity contribution in [3.05, 3.63) is 30.5 Å². The molecule has 26 heavy (non-hydrogen) atoms. The first-order chi connectivity index (χ1) is 12.6. The van der Waals surface area contributed by atoms with Gasteiger partial charge in [-0.25, -0.2) is 0 Å². The summed E-state index contributed by atoms with van der Waals surface area (Å²) < 4.78 is 13.4. The van der Waals surface area contributed by atoms with Gasteiger partial charge in [-0.05, 0) is 37.1 Å². The van der Waals surface area contributed by atoms with Gasteiger partial charge >= 0.3 is 0 Å². The van der Waals surface area contributed by atoms with E-state index in [4.69, 9.17) is 9.47 Å². The van der Waals surface area contributed by atoms with E-state index >= 15 is 0 Å². The van der Waals surface area contributed by atoms with E-state index in [1.807, 2.05) is 31.3 Å². The molecule has 1 aromatic heterocycles. The molecule has 1 aliphatic rings. The van der Waals surface area contributed by atoms with Gasteiger partial charge in [0.2, 0.25) is 5.91 Å². The Balaban J connectivity index is 1.72. The molecule has 0 radical (unpaired) electrons. The van der Waals surface area contributed by atoms with E-state index in [1.54, 1.807) is 10.9 Å². The predicted molar refractivity (Wildman–Crippen MR) is 100 cm³/mol. The molecule has 0 atom stereocenters. The fourth-order valence-corrected chi connectivity index (χ4v) is 3.03. The van der Waals surface area contributed by atoms with E-state index < -0.39 is 0 Å². The zero-order chi connectivity index (χ0) is 18.4. The Bertz CT molecular complexity index is 736. The number of aromatic nitrogens is 2. The molecule has 3 rings (SSSR count). The number of nitrogens with one attached hydrogen (secondary N) is 1. The van der Waals surface area contributed by atoms with Crippen LogP contribution in [0.25, 0.3) is 11.3 Å². The molecule has 1 saturated heterocycles. The molecule has 2 heterocycles. The van der Waals surface area contributed by atoms with Gasteiger partial charge in [0.15, 0.2) is 0 Å². The Morgan fingerprint density at radius 3 is 3.00 bits per heavy atom. The van der Waals surface area contributed by atoms with Crippen LogP contribution in [0.1, 0.15) is 19.8 Å². The van der Waals surface area contributed by atoms with Crippen LogP contribution in [0, 0.1) is 0 Å². The highest BCUT2D eigenvalue weighted by Crippen LogP contribution is 2.32. The van der Waals surface area contributed by atoms with E-state index in [1.165, 1.54) is 6.92 Å². The van der Waals surface area contributed by atoms with E-state index in [0.29, 0.717) is 13.3 Å². The first-order valence-corrected chi connectivity index (χ1v) is 8.96. The van der Waals surface area contributed by atoms with Gasteiger partial charge in [-0.3, -0.25) is 14.4 Å². The molecular formula is C19H26N4O3. The maximum absolute atomic E-state index is 11.4. The van der Waals surface area contributed by atoms with Gasteiger partial charge in [0.05, 0.1) is 12.4 Å². The number of hydrogen-bond acceptors (Lipinski definition) is 5. The molecule has 0 bridgehead atoms. The lowest BCUT2D eigenvalue weighted by molar-refractivity contribution is -0.114. The third-order valence-corrected chi connectivity index (χ3v) is 4.35. The first-order valence-electron chi connectivity index (χ1n) is 8.96. The van der Waals surface area contributed by atoms with Crippen LogP contribution in [0.15, 0.2) is 30.5 Å². The number of nitrogens with zero attached hydrogens (tertiary/aromatic N) is 3. The molecule has 2 aromatic rings. The van der Waals surface area contributed by atoms with Crippen molar-refractivity contribution in [3.63, 3.8) is 0 Å². The second-order valence-electron chi connectivity index (χ2n) is 6.44. The quantitative estimate of drug-likeness (QED) is 0.859. The van der Waals surface area contributed by atoms with E-state index in [2.05, 4.69) is 15.3 Å². The van der Waals surface area contributed by atoms with Crippen molar-refractivity contribution in [1.29, 1.82) is 0 Å². The van der Waals surface area contributed by atoms with Crippen molar-refractivity contribution in [1.82, 2.24) is 14.7 Å². The van der Waals surface area contributed by atoms with E-state index in [-0.39, 0.29) is 5.91 Å². The molecule has 140 valence electrons. The van der Waals surface area contributed by atoms with Crippen molar-refractivity contribution in [2.45, 2.75) is 19.8 Å². The monoisotopic (exact) mass is 358 g/mol. The Morgan fingerprint density at radius 2 is 2.23 bits per heavy atom. The van der Waals surface area contributed by atoms with Crippen LogP contribution in [0.5, 0.6) is 5.75 Å². The van der Waals surface area contributed by atoms with Gasteiger partial charge in [-0.2, -0.15) is 5.10 Å². The maximum atomic E-state index is 11.4. The molecule has 0 spiro atoms. The molecule has 1 fully saturated rings. The Kier molecular flexibility index (Phi) is 6.25. The summed E-state index contributed by atoms with van der Waals surface area (Å²) in [7, 11) is 1.89. The standard InChI is InChI=1S/C19H26N4O3/c1-15(24)21-16-5-6-19(17(13-16)18-7-8-20-22(18)2)26-12-10-23-9-3-4-11-25-14-23/h5-8,13H,3-4,9-12,14H2,1-2H3,(H,21,24). The molecule has 1 aromatic carbocycles. The molecule has 0 aliphatic carbocycles. The third-order valence-electron chi connectivity index (χ3n) is 4.35. The van der Waals surface area contributed by atoms with Crippen molar-refractivity contribution in [3.8, 4) is 17.0 Å². The Hall–Kier alpha value is -2.38. The number of anilines is 1. The van der Waals surface area contributed by atoms with Crippen LogP contribution in [-0.4, -0.2) is 53.6 Å². The number of ether oxygens (including phenoxy) is 2. The average Bonchev–Trinajstić information content (AvgIpc) is 2.87. The lowest BCUT2D eigenvalue weighted by Gasteiger charge is -2.20. The minimum absolute atomic E-state index is 0.101. The predicted octanol–water partition coefficient (Wildman–Crippen LogP) is 2.49. The van der Waals surface area contributed by atoms with Crippen molar-refractivity contribution in [2.75, 3.05) is 38.4 Å². The summed E-state index contributed by atoms with van der Waals surface area (Å²) in [5.74, 6) is 0.675. The maximum Gasteiger partial charge on any atom is 0.221 e. The minimum atomic E-state index is -0.101. The molecule has 1 N–H and O–H groups in total. The van der Waals surface area contributed by atoms with Crippen LogP contribution < -0.4 is 10.1 Å². The molecule has 0 unspecified atom stereocenters. The third kappa shape index (κ3) is 4.83. The summed E-state index contributed by atoms with van der Waals surface area (Å²) >= 11 is 0. The molecule has 7 nitrogen and oxygen atoms in total. The number of benzene rings is 1. The molecule has 7 heteroatoms. The Morgan fingerprint density at radius 1 is 1.35 bits per heavy atom. The van der Waals surface area contributed by atoms with Crippen LogP contribution in [0.2, 0.25) is 0 Å². The van der Waals surface area contributed by atoms with Gasteiger partial charge in [-0.15, -0.1) is 0 Å². The number of aryl methyl sites for hydroxylation is 1. The zero-order valence-electron chi connectivity index (χ0n) is 15.4. The van der Waals surface area contributed by atoms with Gasteiger partial charge < -0.3 is 14.8 Å². The number of carbonyl (C=O) groups is 1. The molecule has 0 saturated carbocycles. The lowest BCUT2D eigenvalue weighted by Crippen LogP contribution is -2.30. The van der Waals surface area contributed by atoms with Crippen molar-refractivity contribution < 1.29 is 14.3 Å². The largest absolute Gasteiger partial charge is 0.492 e. The molecular weight excluding hydrogens is 332 g/mol. The van der Waals surface area contributed by atoms with Gasteiger partial charge in [0, 0.05) is 51.1 Å². The highest BCUT2D eigenvalue weighted by molar-refractivity contribution is 5.90. The summed E-state index contributed by atoms with van der Waals surface area (Å²) in [6.07, 6.45) is 4.02. The number of hydrogen-bond donors (Lipinski definition) is 1. The van der Waals surface area contributed by atoms with Gasteiger partial charge in [0.25, 0.3) is 0 Å². The highest BCUT2D eigenvalue weighted by atomic mass is 16.5. The van der Waals surface area contributed by atoms with E-state index in [0.717, 1.165) is 55.2 Å². The Labute approximate surface area is 153 Å². The van der Waals surface area contributed by atoms with Crippen molar-refractivity contribution >= 4 is 11.6 Å². The average molecular weight is 358 g/mol.